The van der Waals surface area contributed by atoms with Crippen molar-refractivity contribution < 1.29 is 14.3 Å². The van der Waals surface area contributed by atoms with E-state index in [1.54, 1.807) is 0 Å². The number of esters is 1. The molecule has 8 heteroatoms. The summed E-state index contributed by atoms with van der Waals surface area (Å²) in [7, 11) is 1.27. The minimum Gasteiger partial charge on any atom is -0.468 e. The molecule has 1 atom stereocenters. The molecule has 1 heterocycles. The molecular formula is C13H17N3O3S2. The normalized spacial score (nSPS) is 11.6. The number of thioether (sulfide) groups is 1. The molecule has 1 aromatic heterocycles. The third kappa shape index (κ3) is 4.74. The Morgan fingerprint density at radius 1 is 1.52 bits per heavy atom. The Morgan fingerprint density at radius 3 is 2.76 bits per heavy atom. The zero-order valence-electron chi connectivity index (χ0n) is 12.1. The number of aryl methyl sites for hydroxylation is 1. The molecule has 21 heavy (non-hydrogen) atoms. The number of carbonyl (C=O) groups excluding carboxylic acids is 2. The summed E-state index contributed by atoms with van der Waals surface area (Å²) in [6.45, 7) is 3.75. The first-order chi connectivity index (χ1) is 9.90. The van der Waals surface area contributed by atoms with Gasteiger partial charge in [0.05, 0.1) is 18.4 Å². The molecule has 1 unspecified atom stereocenters. The highest BCUT2D eigenvalue weighted by atomic mass is 32.2. The standard InChI is InChI=1S/C13H17N3O3S2/c1-7-8(2)21-12(9(7)4-14)16-11(17)6-20-5-10(15)13(18)19-3/h10H,5-6,15H2,1-3H3,(H,16,17). The van der Waals surface area contributed by atoms with Crippen LogP contribution in [0.25, 0.3) is 0 Å². The summed E-state index contributed by atoms with van der Waals surface area (Å²) in [5.41, 5.74) is 6.96. The van der Waals surface area contributed by atoms with Gasteiger partial charge in [0, 0.05) is 10.6 Å². The van der Waals surface area contributed by atoms with E-state index in [4.69, 9.17) is 11.0 Å². The molecule has 0 fully saturated rings. The van der Waals surface area contributed by atoms with Crippen molar-refractivity contribution >= 4 is 40.0 Å². The van der Waals surface area contributed by atoms with Crippen molar-refractivity contribution in [3.63, 3.8) is 0 Å². The van der Waals surface area contributed by atoms with Crippen LogP contribution in [-0.2, 0) is 14.3 Å². The SMILES string of the molecule is COC(=O)C(N)CSCC(=O)Nc1sc(C)c(C)c1C#N. The summed E-state index contributed by atoms with van der Waals surface area (Å²) in [5, 5.41) is 12.4. The molecule has 0 aromatic carbocycles. The molecule has 0 aliphatic heterocycles. The number of nitrogens with two attached hydrogens (primary N) is 1. The van der Waals surface area contributed by atoms with Crippen LogP contribution in [0.5, 0.6) is 0 Å². The Labute approximate surface area is 131 Å². The number of hydrogen-bond donors (Lipinski definition) is 2. The van der Waals surface area contributed by atoms with Crippen LogP contribution in [0.2, 0.25) is 0 Å². The summed E-state index contributed by atoms with van der Waals surface area (Å²) in [6, 6.07) is 1.35. The molecule has 0 aliphatic carbocycles. The molecule has 6 nitrogen and oxygen atoms in total. The van der Waals surface area contributed by atoms with Crippen molar-refractivity contribution in [2.75, 3.05) is 23.9 Å². The van der Waals surface area contributed by atoms with Gasteiger partial charge in [0.2, 0.25) is 5.91 Å². The molecule has 114 valence electrons. The number of ether oxygens (including phenoxy) is 1. The number of thiophene rings is 1. The fraction of sp³-hybridized carbons (Fsp3) is 0.462. The average molecular weight is 327 g/mol. The zero-order valence-corrected chi connectivity index (χ0v) is 13.7. The fourth-order valence-electron chi connectivity index (χ4n) is 1.51. The predicted molar refractivity (Wildman–Crippen MR) is 84.5 cm³/mol. The van der Waals surface area contributed by atoms with Crippen molar-refractivity contribution in [2.24, 2.45) is 5.73 Å². The molecule has 1 aromatic rings. The van der Waals surface area contributed by atoms with Crippen molar-refractivity contribution in [3.05, 3.63) is 16.0 Å². The number of amides is 1. The van der Waals surface area contributed by atoms with E-state index >= 15 is 0 Å². The maximum atomic E-state index is 11.8. The Balaban J connectivity index is 2.50. The second kappa shape index (κ2) is 8.02. The minimum atomic E-state index is -0.742. The topological polar surface area (TPSA) is 105 Å². The van der Waals surface area contributed by atoms with Crippen LogP contribution in [0, 0.1) is 25.2 Å². The van der Waals surface area contributed by atoms with E-state index in [1.165, 1.54) is 30.2 Å². The molecule has 0 saturated carbocycles. The Bertz CT molecular complexity index is 578. The maximum absolute atomic E-state index is 11.8. The van der Waals surface area contributed by atoms with Crippen LogP contribution in [0.3, 0.4) is 0 Å². The second-order valence-corrected chi connectivity index (χ2v) is 6.55. The zero-order chi connectivity index (χ0) is 16.0. The highest BCUT2D eigenvalue weighted by Crippen LogP contribution is 2.31. The van der Waals surface area contributed by atoms with E-state index in [2.05, 4.69) is 16.1 Å². The molecule has 0 radical (unpaired) electrons. The van der Waals surface area contributed by atoms with Crippen LogP contribution in [0.1, 0.15) is 16.0 Å². The molecular weight excluding hydrogens is 310 g/mol. The number of methoxy groups -OCH3 is 1. The third-order valence-electron chi connectivity index (χ3n) is 2.78. The number of carbonyl (C=O) groups is 2. The van der Waals surface area contributed by atoms with Gasteiger partial charge in [-0.3, -0.25) is 9.59 Å². The lowest BCUT2D eigenvalue weighted by Crippen LogP contribution is -2.34. The maximum Gasteiger partial charge on any atom is 0.323 e. The number of hydrogen-bond acceptors (Lipinski definition) is 7. The van der Waals surface area contributed by atoms with Crippen LogP contribution >= 0.6 is 23.1 Å². The van der Waals surface area contributed by atoms with E-state index < -0.39 is 12.0 Å². The highest BCUT2D eigenvalue weighted by Gasteiger charge is 2.16. The molecule has 1 amide bonds. The predicted octanol–water partition coefficient (Wildman–Crippen LogP) is 1.41. The van der Waals surface area contributed by atoms with E-state index in [-0.39, 0.29) is 11.7 Å². The number of nitriles is 1. The Kier molecular flexibility index (Phi) is 6.68. The van der Waals surface area contributed by atoms with Crippen molar-refractivity contribution in [1.82, 2.24) is 0 Å². The van der Waals surface area contributed by atoms with Crippen molar-refractivity contribution in [2.45, 2.75) is 19.9 Å². The van der Waals surface area contributed by atoms with Crippen molar-refractivity contribution in [3.8, 4) is 6.07 Å². The van der Waals surface area contributed by atoms with E-state index in [9.17, 15) is 9.59 Å². The molecule has 0 aliphatic rings. The van der Waals surface area contributed by atoms with Gasteiger partial charge in [0.25, 0.3) is 0 Å². The van der Waals surface area contributed by atoms with Crippen LogP contribution in [0.15, 0.2) is 0 Å². The molecule has 1 rings (SSSR count). The fourth-order valence-corrected chi connectivity index (χ4v) is 3.30. The summed E-state index contributed by atoms with van der Waals surface area (Å²) >= 11 is 2.62. The van der Waals surface area contributed by atoms with Crippen LogP contribution < -0.4 is 11.1 Å². The monoisotopic (exact) mass is 327 g/mol. The molecule has 0 saturated heterocycles. The second-order valence-electron chi connectivity index (χ2n) is 4.29. The molecule has 0 bridgehead atoms. The number of nitrogens with zero attached hydrogens (tertiary/aromatic N) is 1. The van der Waals surface area contributed by atoms with Gasteiger partial charge in [0.15, 0.2) is 0 Å². The number of rotatable bonds is 6. The third-order valence-corrected chi connectivity index (χ3v) is 4.97. The summed E-state index contributed by atoms with van der Waals surface area (Å²) in [5.74, 6) is -0.270. The van der Waals surface area contributed by atoms with Crippen LogP contribution in [0.4, 0.5) is 5.00 Å². The molecule has 0 spiro atoms. The highest BCUT2D eigenvalue weighted by molar-refractivity contribution is 8.00. The first-order valence-corrected chi connectivity index (χ1v) is 8.08. The molecule has 3 N–H and O–H groups in total. The van der Waals surface area contributed by atoms with E-state index in [0.717, 1.165) is 10.4 Å². The summed E-state index contributed by atoms with van der Waals surface area (Å²) < 4.78 is 4.50. The van der Waals surface area contributed by atoms with Gasteiger partial charge in [0.1, 0.15) is 17.1 Å². The lowest BCUT2D eigenvalue weighted by Gasteiger charge is -2.08. The van der Waals surface area contributed by atoms with Gasteiger partial charge >= 0.3 is 5.97 Å². The Hall–Kier alpha value is -1.56. The first kappa shape index (κ1) is 17.5. The van der Waals surface area contributed by atoms with Gasteiger partial charge < -0.3 is 15.8 Å². The van der Waals surface area contributed by atoms with E-state index in [0.29, 0.717) is 16.3 Å². The van der Waals surface area contributed by atoms with E-state index in [1.807, 2.05) is 13.8 Å². The minimum absolute atomic E-state index is 0.158. The van der Waals surface area contributed by atoms with Gasteiger partial charge in [-0.25, -0.2) is 0 Å². The quantitative estimate of drug-likeness (QED) is 0.765. The van der Waals surface area contributed by atoms with Gasteiger partial charge in [-0.05, 0) is 19.4 Å². The summed E-state index contributed by atoms with van der Waals surface area (Å²) in [4.78, 5) is 23.9. The first-order valence-electron chi connectivity index (χ1n) is 6.11. The number of nitrogens with one attached hydrogen (secondary N) is 1. The summed E-state index contributed by atoms with van der Waals surface area (Å²) in [6.07, 6.45) is 0. The van der Waals surface area contributed by atoms with Gasteiger partial charge in [-0.15, -0.1) is 23.1 Å². The van der Waals surface area contributed by atoms with Gasteiger partial charge in [-0.2, -0.15) is 5.26 Å². The van der Waals surface area contributed by atoms with Crippen LogP contribution in [-0.4, -0.2) is 36.5 Å². The van der Waals surface area contributed by atoms with Gasteiger partial charge in [-0.1, -0.05) is 0 Å². The lowest BCUT2D eigenvalue weighted by atomic mass is 10.2. The smallest absolute Gasteiger partial charge is 0.323 e. The largest absolute Gasteiger partial charge is 0.468 e. The lowest BCUT2D eigenvalue weighted by molar-refractivity contribution is -0.141. The Morgan fingerprint density at radius 2 is 2.19 bits per heavy atom. The average Bonchev–Trinajstić information content (AvgIpc) is 2.72. The number of anilines is 1. The van der Waals surface area contributed by atoms with Crippen molar-refractivity contribution in [1.29, 1.82) is 5.26 Å².